The number of amides is 2. The Hall–Kier alpha value is -3.53. The van der Waals surface area contributed by atoms with Gasteiger partial charge in [-0.15, -0.1) is 0 Å². The fourth-order valence-corrected chi connectivity index (χ4v) is 7.40. The summed E-state index contributed by atoms with van der Waals surface area (Å²) in [6.07, 6.45) is 3.33. The summed E-state index contributed by atoms with van der Waals surface area (Å²) in [7, 11) is 4.56. The average Bonchev–Trinajstić information content (AvgIpc) is 3.51. The lowest BCUT2D eigenvalue weighted by molar-refractivity contribution is -0.127. The Balaban J connectivity index is 1.61. The topological polar surface area (TPSA) is 107 Å². The van der Waals surface area contributed by atoms with E-state index < -0.39 is 16.7 Å². The second-order valence-corrected chi connectivity index (χ2v) is 12.2. The number of halogens is 2. The van der Waals surface area contributed by atoms with Crippen LogP contribution in [0.15, 0.2) is 54.7 Å². The standard InChI is InChI=1S/C33H38Cl2N4O5/c1-5-38-14-11-32(31(36)41,27-8-6-7-13-37-27)19-28(38)33(22-9-10-23(34)24(35)18-22)12-15-39(20-33)30(40)21-16-25(42-2)29(44-4)26(17-21)43-3/h6-10,13,16-18,28H,5,11-12,14-15,19-20H2,1-4H3,(H2,36,41). The summed E-state index contributed by atoms with van der Waals surface area (Å²) >= 11 is 13.0. The number of benzene rings is 2. The largest absolute Gasteiger partial charge is 0.493 e. The lowest BCUT2D eigenvalue weighted by Crippen LogP contribution is -2.61. The zero-order chi connectivity index (χ0) is 31.6. The number of piperidine rings is 1. The van der Waals surface area contributed by atoms with E-state index in [-0.39, 0.29) is 11.9 Å². The Bertz CT molecular complexity index is 1510. The first-order valence-electron chi connectivity index (χ1n) is 14.6. The summed E-state index contributed by atoms with van der Waals surface area (Å²) in [5.41, 5.74) is 6.69. The maximum absolute atomic E-state index is 14.1. The molecule has 0 aliphatic carbocycles. The van der Waals surface area contributed by atoms with Gasteiger partial charge >= 0.3 is 0 Å². The Morgan fingerprint density at radius 1 is 0.977 bits per heavy atom. The number of nitrogens with two attached hydrogens (primary N) is 1. The van der Waals surface area contributed by atoms with Crippen LogP contribution in [-0.2, 0) is 15.6 Å². The molecule has 3 aromatic rings. The number of ether oxygens (including phenoxy) is 3. The molecule has 0 saturated carbocycles. The van der Waals surface area contributed by atoms with Gasteiger partial charge in [-0.25, -0.2) is 0 Å². The number of likely N-dealkylation sites (tertiary alicyclic amines) is 2. The summed E-state index contributed by atoms with van der Waals surface area (Å²) in [5, 5.41) is 0.882. The van der Waals surface area contributed by atoms with Gasteiger partial charge in [0.25, 0.3) is 5.91 Å². The molecule has 0 spiro atoms. The van der Waals surface area contributed by atoms with Crippen molar-refractivity contribution >= 4 is 35.0 Å². The fraction of sp³-hybridized carbons (Fsp3) is 0.424. The number of pyridine rings is 1. The second kappa shape index (κ2) is 12.8. The molecule has 2 aromatic carbocycles. The molecule has 2 aliphatic heterocycles. The number of hydrogen-bond donors (Lipinski definition) is 1. The molecule has 2 N–H and O–H groups in total. The van der Waals surface area contributed by atoms with Crippen molar-refractivity contribution in [2.24, 2.45) is 5.73 Å². The van der Waals surface area contributed by atoms with E-state index in [4.69, 9.17) is 43.1 Å². The van der Waals surface area contributed by atoms with Crippen molar-refractivity contribution in [3.63, 3.8) is 0 Å². The zero-order valence-electron chi connectivity index (χ0n) is 25.4. The Kier molecular flexibility index (Phi) is 9.30. The first-order chi connectivity index (χ1) is 21.1. The van der Waals surface area contributed by atoms with Crippen LogP contribution in [0.2, 0.25) is 10.0 Å². The third-order valence-electron chi connectivity index (χ3n) is 9.47. The van der Waals surface area contributed by atoms with Gasteiger partial charge in [-0.2, -0.15) is 0 Å². The van der Waals surface area contributed by atoms with Crippen molar-refractivity contribution < 1.29 is 23.8 Å². The second-order valence-electron chi connectivity index (χ2n) is 11.4. The van der Waals surface area contributed by atoms with Crippen LogP contribution >= 0.6 is 23.2 Å². The van der Waals surface area contributed by atoms with Crippen molar-refractivity contribution in [1.29, 1.82) is 0 Å². The Morgan fingerprint density at radius 2 is 1.70 bits per heavy atom. The van der Waals surface area contributed by atoms with Crippen molar-refractivity contribution in [3.8, 4) is 17.2 Å². The fourth-order valence-electron chi connectivity index (χ4n) is 7.10. The lowest BCUT2D eigenvalue weighted by Gasteiger charge is -2.52. The molecule has 234 valence electrons. The summed E-state index contributed by atoms with van der Waals surface area (Å²) in [5.74, 6) is 0.643. The van der Waals surface area contributed by atoms with E-state index in [9.17, 15) is 9.59 Å². The SMILES string of the molecule is CCN1CCC(C(N)=O)(c2ccccn2)CC1C1(c2ccc(Cl)c(Cl)c2)CCN(C(=O)c2cc(OC)c(OC)c(OC)c2)C1. The minimum absolute atomic E-state index is 0.161. The molecular formula is C33H38Cl2N4O5. The number of rotatable bonds is 9. The van der Waals surface area contributed by atoms with E-state index in [0.29, 0.717) is 77.4 Å². The van der Waals surface area contributed by atoms with E-state index in [1.807, 2.05) is 35.2 Å². The predicted molar refractivity (Wildman–Crippen MR) is 170 cm³/mol. The highest BCUT2D eigenvalue weighted by atomic mass is 35.5. The van der Waals surface area contributed by atoms with Gasteiger partial charge in [0.2, 0.25) is 11.7 Å². The van der Waals surface area contributed by atoms with Crippen LogP contribution < -0.4 is 19.9 Å². The molecule has 3 heterocycles. The smallest absolute Gasteiger partial charge is 0.254 e. The van der Waals surface area contributed by atoms with Crippen LogP contribution in [0, 0.1) is 0 Å². The summed E-state index contributed by atoms with van der Waals surface area (Å²) < 4.78 is 16.5. The van der Waals surface area contributed by atoms with Gasteiger partial charge in [-0.3, -0.25) is 19.5 Å². The molecule has 2 fully saturated rings. The normalized spacial score (nSPS) is 23.8. The molecular weight excluding hydrogens is 603 g/mol. The van der Waals surface area contributed by atoms with Crippen molar-refractivity contribution in [2.45, 2.75) is 43.1 Å². The van der Waals surface area contributed by atoms with Crippen LogP contribution in [0.25, 0.3) is 0 Å². The first kappa shape index (κ1) is 31.9. The van der Waals surface area contributed by atoms with E-state index >= 15 is 0 Å². The van der Waals surface area contributed by atoms with Gasteiger partial charge in [0.15, 0.2) is 11.5 Å². The van der Waals surface area contributed by atoms with E-state index in [1.165, 1.54) is 21.3 Å². The molecule has 1 aromatic heterocycles. The highest BCUT2D eigenvalue weighted by Crippen LogP contribution is 2.49. The van der Waals surface area contributed by atoms with Gasteiger partial charge in [0.1, 0.15) is 0 Å². The Morgan fingerprint density at radius 3 is 2.27 bits per heavy atom. The minimum Gasteiger partial charge on any atom is -0.493 e. The summed E-state index contributed by atoms with van der Waals surface area (Å²) in [4.78, 5) is 36.3. The Labute approximate surface area is 268 Å². The molecule has 2 amide bonds. The van der Waals surface area contributed by atoms with Crippen LogP contribution in [0.5, 0.6) is 17.2 Å². The van der Waals surface area contributed by atoms with Gasteiger partial charge in [0, 0.05) is 36.3 Å². The van der Waals surface area contributed by atoms with E-state index in [1.54, 1.807) is 24.4 Å². The van der Waals surface area contributed by atoms with Crippen molar-refractivity contribution in [3.05, 3.63) is 81.6 Å². The van der Waals surface area contributed by atoms with Crippen molar-refractivity contribution in [1.82, 2.24) is 14.8 Å². The van der Waals surface area contributed by atoms with Crippen LogP contribution in [-0.4, -0.2) is 80.1 Å². The predicted octanol–water partition coefficient (Wildman–Crippen LogP) is 5.11. The summed E-state index contributed by atoms with van der Waals surface area (Å²) in [6.45, 7) is 4.38. The number of primary amides is 1. The van der Waals surface area contributed by atoms with Gasteiger partial charge in [-0.05, 0) is 74.3 Å². The maximum atomic E-state index is 14.1. The number of methoxy groups -OCH3 is 3. The minimum atomic E-state index is -0.963. The molecule has 3 atom stereocenters. The quantitative estimate of drug-likeness (QED) is 0.346. The average molecular weight is 642 g/mol. The number of carbonyl (C=O) groups is 2. The molecule has 3 unspecified atom stereocenters. The molecule has 5 rings (SSSR count). The molecule has 44 heavy (non-hydrogen) atoms. The number of nitrogens with zero attached hydrogens (tertiary/aromatic N) is 3. The number of likely N-dealkylation sites (N-methyl/N-ethyl adjacent to an activating group) is 1. The van der Waals surface area contributed by atoms with Crippen LogP contribution in [0.3, 0.4) is 0 Å². The number of carbonyl (C=O) groups excluding carboxylic acids is 2. The highest BCUT2D eigenvalue weighted by molar-refractivity contribution is 6.42. The lowest BCUT2D eigenvalue weighted by atomic mass is 9.62. The van der Waals surface area contributed by atoms with Gasteiger partial charge in [0.05, 0.1) is 42.5 Å². The van der Waals surface area contributed by atoms with Crippen LogP contribution in [0.1, 0.15) is 47.8 Å². The molecule has 2 saturated heterocycles. The van der Waals surface area contributed by atoms with Gasteiger partial charge < -0.3 is 24.8 Å². The molecule has 9 nitrogen and oxygen atoms in total. The van der Waals surface area contributed by atoms with Crippen molar-refractivity contribution in [2.75, 3.05) is 47.5 Å². The monoisotopic (exact) mass is 640 g/mol. The first-order valence-corrected chi connectivity index (χ1v) is 15.4. The zero-order valence-corrected chi connectivity index (χ0v) is 27.0. The third kappa shape index (κ3) is 5.46. The van der Waals surface area contributed by atoms with Crippen LogP contribution in [0.4, 0.5) is 0 Å². The third-order valence-corrected chi connectivity index (χ3v) is 10.2. The van der Waals surface area contributed by atoms with E-state index in [0.717, 1.165) is 12.1 Å². The maximum Gasteiger partial charge on any atom is 0.254 e. The van der Waals surface area contributed by atoms with E-state index in [2.05, 4.69) is 16.8 Å². The summed E-state index contributed by atoms with van der Waals surface area (Å²) in [6, 6.07) is 14.4. The molecule has 0 bridgehead atoms. The number of aromatic nitrogens is 1. The molecule has 0 radical (unpaired) electrons. The molecule has 11 heteroatoms. The van der Waals surface area contributed by atoms with Gasteiger partial charge in [-0.1, -0.05) is 42.3 Å². The highest BCUT2D eigenvalue weighted by Gasteiger charge is 2.56. The number of hydrogen-bond acceptors (Lipinski definition) is 7. The molecule has 2 aliphatic rings.